The Hall–Kier alpha value is -1.51. The van der Waals surface area contributed by atoms with E-state index in [1.54, 1.807) is 12.1 Å². The van der Waals surface area contributed by atoms with E-state index in [1.807, 2.05) is 0 Å². The van der Waals surface area contributed by atoms with E-state index in [4.69, 9.17) is 5.14 Å². The molecule has 0 saturated carbocycles. The maximum Gasteiger partial charge on any atom is 0.238 e. The number of sulfonamides is 1. The van der Waals surface area contributed by atoms with Crippen LogP contribution in [0.15, 0.2) is 29.2 Å². The number of rotatable bonds is 4. The second-order valence-corrected chi connectivity index (χ2v) is 8.03. The van der Waals surface area contributed by atoms with Crippen LogP contribution in [-0.4, -0.2) is 17.8 Å². The van der Waals surface area contributed by atoms with Crippen molar-refractivity contribution in [2.24, 2.45) is 5.14 Å². The highest BCUT2D eigenvalue weighted by atomic mass is 32.2. The highest BCUT2D eigenvalue weighted by Gasteiger charge is 2.19. The zero-order chi connectivity index (χ0) is 15.7. The number of aromatic nitrogens is 2. The lowest BCUT2D eigenvalue weighted by Gasteiger charge is -2.12. The quantitative estimate of drug-likeness (QED) is 0.896. The van der Waals surface area contributed by atoms with Gasteiger partial charge in [-0.2, -0.15) is 4.37 Å². The van der Waals surface area contributed by atoms with Crippen molar-refractivity contribution in [3.63, 3.8) is 0 Å². The summed E-state index contributed by atoms with van der Waals surface area (Å²) in [6.07, 6.45) is 0. The van der Waals surface area contributed by atoms with Crippen LogP contribution in [-0.2, 0) is 22.0 Å². The van der Waals surface area contributed by atoms with Gasteiger partial charge in [-0.15, -0.1) is 0 Å². The first kappa shape index (κ1) is 15.9. The van der Waals surface area contributed by atoms with Gasteiger partial charge in [0.25, 0.3) is 0 Å². The van der Waals surface area contributed by atoms with Crippen LogP contribution in [0.4, 0.5) is 5.13 Å². The number of hydrogen-bond acceptors (Lipinski definition) is 6. The predicted octanol–water partition coefficient (Wildman–Crippen LogP) is 2.10. The molecule has 1 aromatic heterocycles. The molecule has 2 aromatic rings. The van der Waals surface area contributed by atoms with Gasteiger partial charge in [-0.05, 0) is 17.7 Å². The Bertz CT molecular complexity index is 715. The van der Waals surface area contributed by atoms with Gasteiger partial charge in [0.05, 0.1) is 4.90 Å². The van der Waals surface area contributed by atoms with Gasteiger partial charge in [-0.3, -0.25) is 0 Å². The number of nitrogens with two attached hydrogens (primary N) is 1. The lowest BCUT2D eigenvalue weighted by molar-refractivity contribution is 0.555. The summed E-state index contributed by atoms with van der Waals surface area (Å²) in [6, 6.07) is 6.43. The fourth-order valence-corrected chi connectivity index (χ4v) is 2.84. The standard InChI is InChI=1S/C13H18N4O2S2/c1-13(2,3)11-16-12(20-17-11)15-8-9-4-6-10(7-5-9)21(14,18)19/h4-7H,8H2,1-3H3,(H2,14,18,19)(H,15,16,17). The minimum Gasteiger partial charge on any atom is -0.356 e. The molecule has 3 N–H and O–H groups in total. The van der Waals surface area contributed by atoms with E-state index in [-0.39, 0.29) is 10.3 Å². The molecule has 1 aromatic carbocycles. The van der Waals surface area contributed by atoms with E-state index >= 15 is 0 Å². The van der Waals surface area contributed by atoms with Crippen molar-refractivity contribution in [3.05, 3.63) is 35.7 Å². The number of nitrogens with zero attached hydrogens (tertiary/aromatic N) is 2. The SMILES string of the molecule is CC(C)(C)c1nsc(NCc2ccc(S(N)(=O)=O)cc2)n1. The molecule has 0 spiro atoms. The Morgan fingerprint density at radius 3 is 2.33 bits per heavy atom. The minimum atomic E-state index is -3.64. The van der Waals surface area contributed by atoms with Crippen LogP contribution in [0.2, 0.25) is 0 Å². The highest BCUT2D eigenvalue weighted by Crippen LogP contribution is 2.23. The predicted molar refractivity (Wildman–Crippen MR) is 83.8 cm³/mol. The molecule has 114 valence electrons. The van der Waals surface area contributed by atoms with Crippen LogP contribution < -0.4 is 10.5 Å². The van der Waals surface area contributed by atoms with Crippen LogP contribution in [0.1, 0.15) is 32.2 Å². The van der Waals surface area contributed by atoms with Crippen LogP contribution in [0.25, 0.3) is 0 Å². The van der Waals surface area contributed by atoms with Gasteiger partial charge in [0.15, 0.2) is 0 Å². The van der Waals surface area contributed by atoms with Crippen LogP contribution in [0.5, 0.6) is 0 Å². The van der Waals surface area contributed by atoms with Gasteiger partial charge >= 0.3 is 0 Å². The Labute approximate surface area is 128 Å². The molecule has 0 radical (unpaired) electrons. The number of primary sulfonamides is 1. The van der Waals surface area contributed by atoms with Gasteiger partial charge in [-0.25, -0.2) is 18.5 Å². The largest absolute Gasteiger partial charge is 0.356 e. The number of hydrogen-bond donors (Lipinski definition) is 2. The zero-order valence-corrected chi connectivity index (χ0v) is 13.8. The second-order valence-electron chi connectivity index (χ2n) is 5.72. The normalized spacial score (nSPS) is 12.4. The maximum absolute atomic E-state index is 11.2. The first-order valence-electron chi connectivity index (χ1n) is 6.36. The first-order chi connectivity index (χ1) is 9.66. The van der Waals surface area contributed by atoms with Crippen molar-refractivity contribution in [1.29, 1.82) is 0 Å². The lowest BCUT2D eigenvalue weighted by Crippen LogP contribution is -2.13. The van der Waals surface area contributed by atoms with Crippen molar-refractivity contribution >= 4 is 26.7 Å². The summed E-state index contributed by atoms with van der Waals surface area (Å²) < 4.78 is 26.6. The molecule has 0 aliphatic carbocycles. The monoisotopic (exact) mass is 326 g/mol. The Morgan fingerprint density at radius 1 is 1.24 bits per heavy atom. The topological polar surface area (TPSA) is 98.0 Å². The van der Waals surface area contributed by atoms with E-state index in [1.165, 1.54) is 23.7 Å². The molecule has 0 unspecified atom stereocenters. The van der Waals surface area contributed by atoms with Crippen LogP contribution in [0, 0.1) is 0 Å². The minimum absolute atomic E-state index is 0.0758. The fraction of sp³-hybridized carbons (Fsp3) is 0.385. The summed E-state index contributed by atoms with van der Waals surface area (Å²) >= 11 is 1.31. The molecule has 0 aliphatic rings. The smallest absolute Gasteiger partial charge is 0.238 e. The highest BCUT2D eigenvalue weighted by molar-refractivity contribution is 7.89. The molecular weight excluding hydrogens is 308 g/mol. The summed E-state index contributed by atoms with van der Waals surface area (Å²) in [6.45, 7) is 6.73. The molecular formula is C13H18N4O2S2. The summed E-state index contributed by atoms with van der Waals surface area (Å²) in [4.78, 5) is 4.54. The first-order valence-corrected chi connectivity index (χ1v) is 8.68. The summed E-state index contributed by atoms with van der Waals surface area (Å²) in [7, 11) is -3.64. The Morgan fingerprint density at radius 2 is 1.86 bits per heavy atom. The summed E-state index contributed by atoms with van der Waals surface area (Å²) in [5.41, 5.74) is 0.864. The molecule has 6 nitrogen and oxygen atoms in total. The van der Waals surface area contributed by atoms with Gasteiger partial charge in [0.2, 0.25) is 15.2 Å². The van der Waals surface area contributed by atoms with E-state index < -0.39 is 10.0 Å². The molecule has 8 heteroatoms. The average Bonchev–Trinajstić information content (AvgIpc) is 2.84. The van der Waals surface area contributed by atoms with Crippen molar-refractivity contribution in [1.82, 2.24) is 9.36 Å². The molecule has 0 fully saturated rings. The van der Waals surface area contributed by atoms with Crippen LogP contribution >= 0.6 is 11.5 Å². The van der Waals surface area contributed by atoms with Gasteiger partial charge in [-0.1, -0.05) is 32.9 Å². The second kappa shape index (κ2) is 5.70. The maximum atomic E-state index is 11.2. The molecule has 0 saturated heterocycles. The third-order valence-corrected chi connectivity index (χ3v) is 4.39. The molecule has 0 amide bonds. The van der Waals surface area contributed by atoms with Gasteiger partial charge in [0.1, 0.15) is 5.82 Å². The molecule has 2 rings (SSSR count). The molecule has 0 bridgehead atoms. The van der Waals surface area contributed by atoms with Gasteiger partial charge in [0, 0.05) is 23.5 Å². The van der Waals surface area contributed by atoms with E-state index in [0.717, 1.165) is 16.5 Å². The van der Waals surface area contributed by atoms with Crippen molar-refractivity contribution in [3.8, 4) is 0 Å². The van der Waals surface area contributed by atoms with Crippen molar-refractivity contribution < 1.29 is 8.42 Å². The zero-order valence-electron chi connectivity index (χ0n) is 12.1. The third-order valence-electron chi connectivity index (χ3n) is 2.79. The van der Waals surface area contributed by atoms with Crippen molar-refractivity contribution in [2.75, 3.05) is 5.32 Å². The Balaban J connectivity index is 2.02. The lowest BCUT2D eigenvalue weighted by atomic mass is 9.96. The molecule has 21 heavy (non-hydrogen) atoms. The van der Waals surface area contributed by atoms with Crippen molar-refractivity contribution in [2.45, 2.75) is 37.6 Å². The Kier molecular flexibility index (Phi) is 4.31. The van der Waals surface area contributed by atoms with Crippen LogP contribution in [0.3, 0.4) is 0 Å². The molecule has 1 heterocycles. The molecule has 0 aliphatic heterocycles. The van der Waals surface area contributed by atoms with E-state index in [2.05, 4.69) is 35.4 Å². The number of anilines is 1. The van der Waals surface area contributed by atoms with Gasteiger partial charge < -0.3 is 5.32 Å². The summed E-state index contributed by atoms with van der Waals surface area (Å²) in [5.74, 6) is 0.805. The fourth-order valence-electron chi connectivity index (χ4n) is 1.57. The number of benzene rings is 1. The van der Waals surface area contributed by atoms with E-state index in [9.17, 15) is 8.42 Å². The summed E-state index contributed by atoms with van der Waals surface area (Å²) in [5, 5.41) is 8.98. The van der Waals surface area contributed by atoms with E-state index in [0.29, 0.717) is 6.54 Å². The molecule has 0 atom stereocenters. The number of nitrogens with one attached hydrogen (secondary N) is 1. The third kappa shape index (κ3) is 4.23. The average molecular weight is 326 g/mol.